The number of halogens is 5. The van der Waals surface area contributed by atoms with E-state index in [9.17, 15) is 17.6 Å². The molecule has 0 amide bonds. The SMILES string of the molecule is CC(Br)c1ccc(C(F)(F)F)cc1F. The van der Waals surface area contributed by atoms with E-state index in [4.69, 9.17) is 0 Å². The second kappa shape index (κ2) is 3.88. The summed E-state index contributed by atoms with van der Waals surface area (Å²) in [4.78, 5) is -0.301. The van der Waals surface area contributed by atoms with Gasteiger partial charge in [-0.25, -0.2) is 4.39 Å². The van der Waals surface area contributed by atoms with Gasteiger partial charge in [0.1, 0.15) is 5.82 Å². The lowest BCUT2D eigenvalue weighted by molar-refractivity contribution is -0.137. The third-order valence-electron chi connectivity index (χ3n) is 1.76. The molecule has 0 N–H and O–H groups in total. The van der Waals surface area contributed by atoms with Gasteiger partial charge in [0.2, 0.25) is 0 Å². The zero-order valence-corrected chi connectivity index (χ0v) is 8.79. The minimum absolute atomic E-state index is 0.220. The summed E-state index contributed by atoms with van der Waals surface area (Å²) in [6.07, 6.45) is -4.49. The maximum atomic E-state index is 13.1. The van der Waals surface area contributed by atoms with Gasteiger partial charge in [-0.3, -0.25) is 0 Å². The molecule has 1 aromatic rings. The molecule has 1 rings (SSSR count). The van der Waals surface area contributed by atoms with E-state index in [-0.39, 0.29) is 10.4 Å². The molecule has 0 aromatic heterocycles. The Balaban J connectivity index is 3.13. The Kier molecular flexibility index (Phi) is 3.19. The van der Waals surface area contributed by atoms with Crippen LogP contribution >= 0.6 is 15.9 Å². The van der Waals surface area contributed by atoms with Gasteiger partial charge in [0, 0.05) is 10.4 Å². The monoisotopic (exact) mass is 270 g/mol. The summed E-state index contributed by atoms with van der Waals surface area (Å²) in [6, 6.07) is 2.51. The number of hydrogen-bond donors (Lipinski definition) is 0. The first kappa shape index (κ1) is 11.5. The maximum absolute atomic E-state index is 13.1. The Labute approximate surface area is 87.1 Å². The van der Waals surface area contributed by atoms with Crippen LogP contribution in [0.3, 0.4) is 0 Å². The van der Waals surface area contributed by atoms with Gasteiger partial charge in [-0.05, 0) is 19.1 Å². The summed E-state index contributed by atoms with van der Waals surface area (Å²) in [5.74, 6) is -0.843. The molecule has 5 heteroatoms. The predicted molar refractivity (Wildman–Crippen MR) is 48.7 cm³/mol. The minimum Gasteiger partial charge on any atom is -0.207 e. The average Bonchev–Trinajstić information content (AvgIpc) is 2.01. The van der Waals surface area contributed by atoms with Gasteiger partial charge in [-0.15, -0.1) is 0 Å². The molecule has 0 aliphatic heterocycles. The fourth-order valence-corrected chi connectivity index (χ4v) is 1.40. The highest BCUT2D eigenvalue weighted by atomic mass is 79.9. The van der Waals surface area contributed by atoms with E-state index in [1.54, 1.807) is 6.92 Å². The van der Waals surface area contributed by atoms with Gasteiger partial charge in [0.05, 0.1) is 5.56 Å². The van der Waals surface area contributed by atoms with E-state index in [0.29, 0.717) is 6.07 Å². The second-order valence-electron chi connectivity index (χ2n) is 2.85. The Hall–Kier alpha value is -0.580. The average molecular weight is 271 g/mol. The van der Waals surface area contributed by atoms with Gasteiger partial charge in [0.15, 0.2) is 0 Å². The van der Waals surface area contributed by atoms with Crippen molar-refractivity contribution in [3.05, 3.63) is 35.1 Å². The Morgan fingerprint density at radius 2 is 1.86 bits per heavy atom. The molecule has 1 atom stereocenters. The van der Waals surface area contributed by atoms with E-state index >= 15 is 0 Å². The van der Waals surface area contributed by atoms with E-state index in [1.165, 1.54) is 0 Å². The summed E-state index contributed by atoms with van der Waals surface area (Å²) >= 11 is 3.09. The highest BCUT2D eigenvalue weighted by molar-refractivity contribution is 9.09. The highest BCUT2D eigenvalue weighted by Gasteiger charge is 2.31. The van der Waals surface area contributed by atoms with Crippen molar-refractivity contribution >= 4 is 15.9 Å². The molecular weight excluding hydrogens is 264 g/mol. The van der Waals surface area contributed by atoms with Crippen LogP contribution in [0.4, 0.5) is 17.6 Å². The molecule has 0 heterocycles. The molecule has 0 aliphatic carbocycles. The topological polar surface area (TPSA) is 0 Å². The molecule has 0 aliphatic rings. The van der Waals surface area contributed by atoms with Crippen molar-refractivity contribution in [3.8, 4) is 0 Å². The third kappa shape index (κ3) is 2.47. The first-order valence-corrected chi connectivity index (χ1v) is 4.74. The van der Waals surface area contributed by atoms with Gasteiger partial charge < -0.3 is 0 Å². The molecule has 14 heavy (non-hydrogen) atoms. The fraction of sp³-hybridized carbons (Fsp3) is 0.333. The summed E-state index contributed by atoms with van der Waals surface area (Å²) in [5.41, 5.74) is -0.745. The molecule has 0 spiro atoms. The van der Waals surface area contributed by atoms with Crippen LogP contribution in [0.15, 0.2) is 18.2 Å². The van der Waals surface area contributed by atoms with Crippen LogP contribution in [0, 0.1) is 5.82 Å². The summed E-state index contributed by atoms with van der Waals surface area (Å²) in [6.45, 7) is 1.64. The third-order valence-corrected chi connectivity index (χ3v) is 2.25. The number of rotatable bonds is 1. The van der Waals surface area contributed by atoms with Crippen molar-refractivity contribution in [1.29, 1.82) is 0 Å². The molecule has 0 fully saturated rings. The van der Waals surface area contributed by atoms with Crippen LogP contribution in [0.25, 0.3) is 0 Å². The van der Waals surface area contributed by atoms with Gasteiger partial charge in [-0.1, -0.05) is 22.0 Å². The number of benzene rings is 1. The smallest absolute Gasteiger partial charge is 0.207 e. The summed E-state index contributed by atoms with van der Waals surface area (Å²) in [5, 5.41) is 0. The van der Waals surface area contributed by atoms with Crippen molar-refractivity contribution in [3.63, 3.8) is 0 Å². The van der Waals surface area contributed by atoms with Gasteiger partial charge >= 0.3 is 6.18 Å². The number of hydrogen-bond acceptors (Lipinski definition) is 0. The van der Waals surface area contributed by atoms with Crippen LogP contribution in [-0.4, -0.2) is 0 Å². The van der Waals surface area contributed by atoms with Gasteiger partial charge in [-0.2, -0.15) is 13.2 Å². The van der Waals surface area contributed by atoms with Crippen LogP contribution in [0.2, 0.25) is 0 Å². The minimum atomic E-state index is -4.49. The molecule has 0 bridgehead atoms. The normalized spacial score (nSPS) is 14.1. The lowest BCUT2D eigenvalue weighted by Crippen LogP contribution is -2.06. The molecule has 0 saturated heterocycles. The summed E-state index contributed by atoms with van der Waals surface area (Å²) < 4.78 is 49.5. The van der Waals surface area contributed by atoms with Crippen molar-refractivity contribution in [2.45, 2.75) is 17.9 Å². The summed E-state index contributed by atoms with van der Waals surface area (Å²) in [7, 11) is 0. The Morgan fingerprint density at radius 3 is 2.21 bits per heavy atom. The Bertz CT molecular complexity index is 330. The number of alkyl halides is 4. The van der Waals surface area contributed by atoms with Crippen LogP contribution in [0.5, 0.6) is 0 Å². The predicted octanol–water partition coefficient (Wildman–Crippen LogP) is 4.30. The largest absolute Gasteiger partial charge is 0.416 e. The second-order valence-corrected chi connectivity index (χ2v) is 4.22. The fourth-order valence-electron chi connectivity index (χ4n) is 1.03. The zero-order valence-electron chi connectivity index (χ0n) is 7.20. The van der Waals surface area contributed by atoms with E-state index < -0.39 is 17.6 Å². The van der Waals surface area contributed by atoms with E-state index in [2.05, 4.69) is 15.9 Å². The van der Waals surface area contributed by atoms with E-state index in [1.807, 2.05) is 0 Å². The highest BCUT2D eigenvalue weighted by Crippen LogP contribution is 2.32. The molecule has 0 nitrogen and oxygen atoms in total. The van der Waals surface area contributed by atoms with Crippen molar-refractivity contribution in [2.24, 2.45) is 0 Å². The molecule has 0 saturated carbocycles. The van der Waals surface area contributed by atoms with Crippen LogP contribution in [0.1, 0.15) is 22.9 Å². The molecular formula is C9H7BrF4. The standard InChI is InChI=1S/C9H7BrF4/c1-5(10)7-3-2-6(4-8(7)11)9(12,13)14/h2-5H,1H3. The Morgan fingerprint density at radius 1 is 1.29 bits per heavy atom. The maximum Gasteiger partial charge on any atom is 0.416 e. The molecule has 0 radical (unpaired) electrons. The zero-order chi connectivity index (χ0) is 10.9. The first-order valence-electron chi connectivity index (χ1n) is 3.83. The lowest BCUT2D eigenvalue weighted by atomic mass is 10.1. The molecule has 1 aromatic carbocycles. The van der Waals surface area contributed by atoms with Crippen LogP contribution < -0.4 is 0 Å². The molecule has 78 valence electrons. The molecule has 1 unspecified atom stereocenters. The van der Waals surface area contributed by atoms with Gasteiger partial charge in [0.25, 0.3) is 0 Å². The van der Waals surface area contributed by atoms with E-state index in [0.717, 1.165) is 12.1 Å². The van der Waals surface area contributed by atoms with Crippen molar-refractivity contribution < 1.29 is 17.6 Å². The quantitative estimate of drug-likeness (QED) is 0.527. The van der Waals surface area contributed by atoms with Crippen LogP contribution in [-0.2, 0) is 6.18 Å². The first-order chi connectivity index (χ1) is 6.32. The van der Waals surface area contributed by atoms with Crippen molar-refractivity contribution in [1.82, 2.24) is 0 Å². The lowest BCUT2D eigenvalue weighted by Gasteiger charge is -2.10. The van der Waals surface area contributed by atoms with Crippen molar-refractivity contribution in [2.75, 3.05) is 0 Å².